The number of hydrogen-bond acceptors (Lipinski definition) is 5. The molecule has 7 heteroatoms. The van der Waals surface area contributed by atoms with Gasteiger partial charge in [-0.25, -0.2) is 0 Å². The molecule has 2 heterocycles. The zero-order chi connectivity index (χ0) is 21.5. The summed E-state index contributed by atoms with van der Waals surface area (Å²) < 4.78 is 10.9. The molecule has 0 atom stereocenters. The molecule has 2 aliphatic rings. The number of rotatable bonds is 10. The van der Waals surface area contributed by atoms with Crippen molar-refractivity contribution in [2.24, 2.45) is 11.8 Å². The summed E-state index contributed by atoms with van der Waals surface area (Å²) >= 11 is 0. The standard InChI is InChI=1S/C20H37N3O4.C2H6.H2/c1-3-22-9-6-18(7-10-22)20(25)21-8-13-26-14-15-27-16-19(24)23-11-4-17(2)5-12-23;1-2;/h17-18H,3-16H2,1-2H3,(H,21,25);1-2H3;1H. The number of carbonyl (C=O) groups is 2. The molecule has 0 saturated carbocycles. The van der Waals surface area contributed by atoms with E-state index in [0.717, 1.165) is 58.4 Å². The number of piperidine rings is 2. The van der Waals surface area contributed by atoms with Crippen LogP contribution in [0, 0.1) is 11.8 Å². The van der Waals surface area contributed by atoms with Crippen molar-refractivity contribution in [3.63, 3.8) is 0 Å². The van der Waals surface area contributed by atoms with Gasteiger partial charge in [-0.2, -0.15) is 0 Å². The highest BCUT2D eigenvalue weighted by atomic mass is 16.5. The van der Waals surface area contributed by atoms with Crippen molar-refractivity contribution in [3.8, 4) is 0 Å². The van der Waals surface area contributed by atoms with E-state index < -0.39 is 0 Å². The molecular weight excluding hydrogens is 370 g/mol. The second-order valence-electron chi connectivity index (χ2n) is 7.73. The van der Waals surface area contributed by atoms with Gasteiger partial charge in [-0.3, -0.25) is 9.59 Å². The molecule has 0 spiro atoms. The molecule has 2 rings (SSSR count). The van der Waals surface area contributed by atoms with Crippen LogP contribution in [-0.2, 0) is 19.1 Å². The van der Waals surface area contributed by atoms with E-state index in [1.165, 1.54) is 0 Å². The van der Waals surface area contributed by atoms with E-state index in [2.05, 4.69) is 24.1 Å². The fraction of sp³-hybridized carbons (Fsp3) is 0.909. The van der Waals surface area contributed by atoms with Crippen molar-refractivity contribution in [2.75, 3.05) is 65.7 Å². The zero-order valence-corrected chi connectivity index (χ0v) is 19.1. The van der Waals surface area contributed by atoms with Crippen molar-refractivity contribution in [2.45, 2.75) is 53.4 Å². The maximum absolute atomic E-state index is 12.1. The second kappa shape index (κ2) is 15.6. The Kier molecular flexibility index (Phi) is 13.9. The molecule has 7 nitrogen and oxygen atoms in total. The lowest BCUT2D eigenvalue weighted by atomic mass is 9.96. The molecule has 2 amide bonds. The van der Waals surface area contributed by atoms with E-state index in [1.54, 1.807) is 0 Å². The summed E-state index contributed by atoms with van der Waals surface area (Å²) in [6.07, 6.45) is 4.05. The van der Waals surface area contributed by atoms with Crippen molar-refractivity contribution >= 4 is 11.8 Å². The van der Waals surface area contributed by atoms with E-state index in [0.29, 0.717) is 32.3 Å². The minimum absolute atomic E-state index is 0. The molecule has 172 valence electrons. The summed E-state index contributed by atoms with van der Waals surface area (Å²) in [5.41, 5.74) is 0. The number of carbonyl (C=O) groups excluding carboxylic acids is 2. The van der Waals surface area contributed by atoms with Gasteiger partial charge in [0.2, 0.25) is 11.8 Å². The van der Waals surface area contributed by atoms with Crippen LogP contribution < -0.4 is 5.32 Å². The Morgan fingerprint density at radius 2 is 1.59 bits per heavy atom. The second-order valence-corrected chi connectivity index (χ2v) is 7.73. The lowest BCUT2D eigenvalue weighted by Crippen LogP contribution is -2.41. The molecule has 0 bridgehead atoms. The van der Waals surface area contributed by atoms with Gasteiger partial charge in [0, 0.05) is 27.0 Å². The monoisotopic (exact) mass is 415 g/mol. The first kappa shape index (κ1) is 25.9. The smallest absolute Gasteiger partial charge is 0.248 e. The maximum atomic E-state index is 12.1. The highest BCUT2D eigenvalue weighted by molar-refractivity contribution is 5.78. The van der Waals surface area contributed by atoms with Crippen LogP contribution >= 0.6 is 0 Å². The predicted molar refractivity (Wildman–Crippen MR) is 118 cm³/mol. The van der Waals surface area contributed by atoms with Gasteiger partial charge < -0.3 is 24.6 Å². The first-order chi connectivity index (χ1) is 14.1. The number of nitrogens with zero attached hydrogens (tertiary/aromatic N) is 2. The first-order valence-corrected chi connectivity index (χ1v) is 11.5. The average molecular weight is 416 g/mol. The third-order valence-electron chi connectivity index (χ3n) is 5.69. The number of hydrogen-bond donors (Lipinski definition) is 1. The largest absolute Gasteiger partial charge is 0.377 e. The maximum Gasteiger partial charge on any atom is 0.248 e. The van der Waals surface area contributed by atoms with Crippen molar-refractivity contribution in [3.05, 3.63) is 0 Å². The number of likely N-dealkylation sites (tertiary alicyclic amines) is 2. The summed E-state index contributed by atoms with van der Waals surface area (Å²) in [4.78, 5) is 28.4. The van der Waals surface area contributed by atoms with Crippen LogP contribution in [-0.4, -0.2) is 87.3 Å². The summed E-state index contributed by atoms with van der Waals surface area (Å²) in [5.74, 6) is 1.07. The Morgan fingerprint density at radius 1 is 0.966 bits per heavy atom. The van der Waals surface area contributed by atoms with Crippen molar-refractivity contribution < 1.29 is 20.5 Å². The predicted octanol–water partition coefficient (Wildman–Crippen LogP) is 2.40. The molecule has 2 fully saturated rings. The molecule has 0 aromatic heterocycles. The quantitative estimate of drug-likeness (QED) is 0.555. The normalized spacial score (nSPS) is 18.8. The highest BCUT2D eigenvalue weighted by Crippen LogP contribution is 2.17. The Balaban J connectivity index is 0.00000272. The zero-order valence-electron chi connectivity index (χ0n) is 19.1. The third kappa shape index (κ3) is 10.4. The molecule has 0 radical (unpaired) electrons. The summed E-state index contributed by atoms with van der Waals surface area (Å²) in [7, 11) is 0. The van der Waals surface area contributed by atoms with Crippen LogP contribution in [0.15, 0.2) is 0 Å². The van der Waals surface area contributed by atoms with Gasteiger partial charge in [0.05, 0.1) is 19.8 Å². The molecule has 0 aromatic rings. The van der Waals surface area contributed by atoms with E-state index in [-0.39, 0.29) is 25.8 Å². The topological polar surface area (TPSA) is 71.1 Å². The van der Waals surface area contributed by atoms with Crippen LogP contribution in [0.3, 0.4) is 0 Å². The number of ether oxygens (including phenoxy) is 2. The van der Waals surface area contributed by atoms with Crippen LogP contribution in [0.5, 0.6) is 0 Å². The fourth-order valence-electron chi connectivity index (χ4n) is 3.63. The Hall–Kier alpha value is -1.18. The average Bonchev–Trinajstić information content (AvgIpc) is 2.77. The van der Waals surface area contributed by atoms with E-state index in [9.17, 15) is 9.59 Å². The van der Waals surface area contributed by atoms with Gasteiger partial charge >= 0.3 is 0 Å². The van der Waals surface area contributed by atoms with Gasteiger partial charge in [0.1, 0.15) is 6.61 Å². The molecule has 29 heavy (non-hydrogen) atoms. The van der Waals surface area contributed by atoms with Crippen molar-refractivity contribution in [1.82, 2.24) is 15.1 Å². The van der Waals surface area contributed by atoms with Gasteiger partial charge in [-0.05, 0) is 51.2 Å². The van der Waals surface area contributed by atoms with Crippen LogP contribution in [0.25, 0.3) is 0 Å². The summed E-state index contributed by atoms with van der Waals surface area (Å²) in [6.45, 7) is 15.1. The lowest BCUT2D eigenvalue weighted by Gasteiger charge is -2.30. The lowest BCUT2D eigenvalue weighted by molar-refractivity contribution is -0.138. The Bertz CT molecular complexity index is 452. The summed E-state index contributed by atoms with van der Waals surface area (Å²) in [5, 5.41) is 2.96. The molecule has 2 saturated heterocycles. The van der Waals surface area contributed by atoms with E-state index in [4.69, 9.17) is 9.47 Å². The minimum atomic E-state index is 0. The van der Waals surface area contributed by atoms with Crippen LogP contribution in [0.2, 0.25) is 0 Å². The SMILES string of the molecule is CC.CCN1CCC(C(=O)NCCOCCOCC(=O)N2CCC(C)CC2)CC1.[HH]. The fourth-order valence-corrected chi connectivity index (χ4v) is 3.63. The Labute approximate surface area is 179 Å². The minimum Gasteiger partial charge on any atom is -0.377 e. The highest BCUT2D eigenvalue weighted by Gasteiger charge is 2.23. The Morgan fingerprint density at radius 3 is 2.21 bits per heavy atom. The van der Waals surface area contributed by atoms with Gasteiger partial charge in [0.15, 0.2) is 0 Å². The molecule has 1 N–H and O–H groups in total. The third-order valence-corrected chi connectivity index (χ3v) is 5.69. The van der Waals surface area contributed by atoms with Crippen LogP contribution in [0.4, 0.5) is 0 Å². The molecule has 0 aliphatic carbocycles. The van der Waals surface area contributed by atoms with E-state index in [1.807, 2.05) is 18.7 Å². The molecule has 2 aliphatic heterocycles. The first-order valence-electron chi connectivity index (χ1n) is 11.5. The van der Waals surface area contributed by atoms with E-state index >= 15 is 0 Å². The molecular formula is C22H45N3O4. The number of amides is 2. The van der Waals surface area contributed by atoms with Gasteiger partial charge in [0.25, 0.3) is 0 Å². The molecule has 0 unspecified atom stereocenters. The van der Waals surface area contributed by atoms with Gasteiger partial charge in [-0.15, -0.1) is 0 Å². The summed E-state index contributed by atoms with van der Waals surface area (Å²) in [6, 6.07) is 0. The van der Waals surface area contributed by atoms with Gasteiger partial charge in [-0.1, -0.05) is 27.7 Å². The van der Waals surface area contributed by atoms with Crippen LogP contribution in [0.1, 0.15) is 54.8 Å². The number of nitrogens with one attached hydrogen (secondary N) is 1. The van der Waals surface area contributed by atoms with Crippen molar-refractivity contribution in [1.29, 1.82) is 0 Å². The molecule has 0 aromatic carbocycles.